The highest BCUT2D eigenvalue weighted by Gasteiger charge is 2.03. The van der Waals surface area contributed by atoms with Crippen molar-refractivity contribution in [3.8, 4) is 0 Å². The van der Waals surface area contributed by atoms with E-state index >= 15 is 0 Å². The molecule has 1 unspecified atom stereocenters. The summed E-state index contributed by atoms with van der Waals surface area (Å²) in [7, 11) is 0. The highest BCUT2D eigenvalue weighted by atomic mass is 32.2. The SMILES string of the molecule is CCNC(C)c1ccc(SCc2ccc(F)cc2)cc1. The number of rotatable bonds is 6. The van der Waals surface area contributed by atoms with E-state index in [2.05, 4.69) is 43.4 Å². The van der Waals surface area contributed by atoms with Crippen molar-refractivity contribution in [3.63, 3.8) is 0 Å². The lowest BCUT2D eigenvalue weighted by atomic mass is 10.1. The van der Waals surface area contributed by atoms with Crippen LogP contribution in [0.4, 0.5) is 4.39 Å². The van der Waals surface area contributed by atoms with E-state index in [1.165, 1.54) is 22.6 Å². The van der Waals surface area contributed by atoms with E-state index in [4.69, 9.17) is 0 Å². The van der Waals surface area contributed by atoms with Gasteiger partial charge >= 0.3 is 0 Å². The normalized spacial score (nSPS) is 12.3. The lowest BCUT2D eigenvalue weighted by Crippen LogP contribution is -2.17. The van der Waals surface area contributed by atoms with Crippen molar-refractivity contribution in [2.24, 2.45) is 0 Å². The molecule has 0 heterocycles. The fourth-order valence-corrected chi connectivity index (χ4v) is 2.88. The van der Waals surface area contributed by atoms with E-state index in [0.29, 0.717) is 6.04 Å². The largest absolute Gasteiger partial charge is 0.310 e. The summed E-state index contributed by atoms with van der Waals surface area (Å²) in [4.78, 5) is 1.24. The molecule has 0 aliphatic heterocycles. The van der Waals surface area contributed by atoms with E-state index in [9.17, 15) is 4.39 Å². The van der Waals surface area contributed by atoms with Crippen LogP contribution < -0.4 is 5.32 Å². The zero-order valence-electron chi connectivity index (χ0n) is 11.9. The zero-order chi connectivity index (χ0) is 14.4. The van der Waals surface area contributed by atoms with E-state index in [-0.39, 0.29) is 5.82 Å². The minimum Gasteiger partial charge on any atom is -0.310 e. The quantitative estimate of drug-likeness (QED) is 0.767. The molecular weight excluding hydrogens is 269 g/mol. The van der Waals surface area contributed by atoms with Crippen molar-refractivity contribution in [1.29, 1.82) is 0 Å². The van der Waals surface area contributed by atoms with E-state index in [1.807, 2.05) is 12.1 Å². The first-order valence-corrected chi connectivity index (χ1v) is 7.88. The molecule has 0 spiro atoms. The summed E-state index contributed by atoms with van der Waals surface area (Å²) in [5.74, 6) is 0.683. The van der Waals surface area contributed by atoms with E-state index < -0.39 is 0 Å². The summed E-state index contributed by atoms with van der Waals surface area (Å²) in [6.45, 7) is 5.26. The van der Waals surface area contributed by atoms with Crippen molar-refractivity contribution < 1.29 is 4.39 Å². The van der Waals surface area contributed by atoms with Crippen molar-refractivity contribution >= 4 is 11.8 Å². The molecule has 2 rings (SSSR count). The predicted molar refractivity (Wildman–Crippen MR) is 84.5 cm³/mol. The minimum atomic E-state index is -0.180. The van der Waals surface area contributed by atoms with Crippen LogP contribution >= 0.6 is 11.8 Å². The molecule has 1 atom stereocenters. The second-order valence-corrected chi connectivity index (χ2v) is 5.81. The number of benzene rings is 2. The molecule has 2 aromatic carbocycles. The van der Waals surface area contributed by atoms with Crippen molar-refractivity contribution in [1.82, 2.24) is 5.32 Å². The Bertz CT molecular complexity index is 522. The van der Waals surface area contributed by atoms with Gasteiger partial charge in [-0.3, -0.25) is 0 Å². The van der Waals surface area contributed by atoms with Gasteiger partial charge in [-0.15, -0.1) is 11.8 Å². The molecule has 106 valence electrons. The molecule has 1 nitrogen and oxygen atoms in total. The maximum Gasteiger partial charge on any atom is 0.123 e. The number of hydrogen-bond donors (Lipinski definition) is 1. The van der Waals surface area contributed by atoms with Gasteiger partial charge < -0.3 is 5.32 Å². The second-order valence-electron chi connectivity index (χ2n) is 4.76. The molecule has 0 aliphatic rings. The van der Waals surface area contributed by atoms with E-state index in [1.54, 1.807) is 11.8 Å². The van der Waals surface area contributed by atoms with Crippen molar-refractivity contribution in [3.05, 3.63) is 65.5 Å². The van der Waals surface area contributed by atoms with Gasteiger partial charge in [-0.05, 0) is 48.9 Å². The van der Waals surface area contributed by atoms with Gasteiger partial charge in [0.05, 0.1) is 0 Å². The van der Waals surface area contributed by atoms with Gasteiger partial charge in [0, 0.05) is 16.7 Å². The third-order valence-corrected chi connectivity index (χ3v) is 4.29. The maximum atomic E-state index is 12.8. The molecular formula is C17H20FNS. The minimum absolute atomic E-state index is 0.180. The molecule has 1 N–H and O–H groups in total. The summed E-state index contributed by atoms with van der Waals surface area (Å²) in [6.07, 6.45) is 0. The third kappa shape index (κ3) is 4.36. The first-order valence-electron chi connectivity index (χ1n) is 6.89. The van der Waals surface area contributed by atoms with Gasteiger partial charge in [0.1, 0.15) is 5.82 Å². The molecule has 0 aliphatic carbocycles. The monoisotopic (exact) mass is 289 g/mol. The summed E-state index contributed by atoms with van der Waals surface area (Å²) in [5, 5.41) is 3.40. The molecule has 0 amide bonds. The predicted octanol–water partition coefficient (Wildman–Crippen LogP) is 4.79. The van der Waals surface area contributed by atoms with Crippen molar-refractivity contribution in [2.75, 3.05) is 6.54 Å². The zero-order valence-corrected chi connectivity index (χ0v) is 12.7. The Morgan fingerprint density at radius 2 is 1.70 bits per heavy atom. The van der Waals surface area contributed by atoms with Gasteiger partial charge in [0.25, 0.3) is 0 Å². The fourth-order valence-electron chi connectivity index (χ4n) is 2.02. The van der Waals surface area contributed by atoms with Crippen LogP contribution in [0.1, 0.15) is 31.0 Å². The number of hydrogen-bond acceptors (Lipinski definition) is 2. The highest BCUT2D eigenvalue weighted by Crippen LogP contribution is 2.24. The first kappa shape index (κ1) is 15.1. The van der Waals surface area contributed by atoms with Crippen LogP contribution in [-0.4, -0.2) is 6.54 Å². The van der Waals surface area contributed by atoms with Gasteiger partial charge in [-0.1, -0.05) is 31.2 Å². The van der Waals surface area contributed by atoms with Gasteiger partial charge in [0.2, 0.25) is 0 Å². The molecule has 2 aromatic rings. The van der Waals surface area contributed by atoms with Crippen LogP contribution in [0, 0.1) is 5.82 Å². The molecule has 20 heavy (non-hydrogen) atoms. The number of thioether (sulfide) groups is 1. The Kier molecular flexibility index (Phi) is 5.62. The van der Waals surface area contributed by atoms with Crippen LogP contribution in [0.5, 0.6) is 0 Å². The van der Waals surface area contributed by atoms with Crippen LogP contribution in [-0.2, 0) is 5.75 Å². The van der Waals surface area contributed by atoms with Gasteiger partial charge in [-0.2, -0.15) is 0 Å². The average molecular weight is 289 g/mol. The smallest absolute Gasteiger partial charge is 0.123 e. The van der Waals surface area contributed by atoms with E-state index in [0.717, 1.165) is 17.9 Å². The Labute approximate surface area is 124 Å². The fraction of sp³-hybridized carbons (Fsp3) is 0.294. The van der Waals surface area contributed by atoms with Crippen molar-refractivity contribution in [2.45, 2.75) is 30.5 Å². The number of halogens is 1. The molecule has 0 aromatic heterocycles. The molecule has 0 saturated carbocycles. The summed E-state index contributed by atoms with van der Waals surface area (Å²) >= 11 is 1.77. The standard InChI is InChI=1S/C17H20FNS/c1-3-19-13(2)15-6-10-17(11-7-15)20-12-14-4-8-16(18)9-5-14/h4-11,13,19H,3,12H2,1-2H3. The topological polar surface area (TPSA) is 12.0 Å². The van der Waals surface area contributed by atoms with Gasteiger partial charge in [-0.25, -0.2) is 4.39 Å². The van der Waals surface area contributed by atoms with Crippen LogP contribution in [0.3, 0.4) is 0 Å². The summed E-state index contributed by atoms with van der Waals surface area (Å²) in [5.41, 5.74) is 2.44. The van der Waals surface area contributed by atoms with Crippen LogP contribution in [0.25, 0.3) is 0 Å². The Hall–Kier alpha value is -1.32. The average Bonchev–Trinajstić information content (AvgIpc) is 2.47. The summed E-state index contributed by atoms with van der Waals surface area (Å²) in [6, 6.07) is 15.7. The lowest BCUT2D eigenvalue weighted by Gasteiger charge is -2.13. The summed E-state index contributed by atoms with van der Waals surface area (Å²) < 4.78 is 12.8. The van der Waals surface area contributed by atoms with Gasteiger partial charge in [0.15, 0.2) is 0 Å². The van der Waals surface area contributed by atoms with Crippen LogP contribution in [0.2, 0.25) is 0 Å². The Balaban J connectivity index is 1.92. The third-order valence-electron chi connectivity index (χ3n) is 3.21. The molecule has 0 radical (unpaired) electrons. The van der Waals surface area contributed by atoms with Crippen LogP contribution in [0.15, 0.2) is 53.4 Å². The highest BCUT2D eigenvalue weighted by molar-refractivity contribution is 7.98. The number of nitrogens with one attached hydrogen (secondary N) is 1. The molecule has 0 fully saturated rings. The Morgan fingerprint density at radius 1 is 1.05 bits per heavy atom. The molecule has 0 saturated heterocycles. The lowest BCUT2D eigenvalue weighted by molar-refractivity contribution is 0.598. The molecule has 3 heteroatoms. The maximum absolute atomic E-state index is 12.8. The molecule has 0 bridgehead atoms. The Morgan fingerprint density at radius 3 is 2.30 bits per heavy atom. The second kappa shape index (κ2) is 7.46. The first-order chi connectivity index (χ1) is 9.69.